The van der Waals surface area contributed by atoms with Crippen LogP contribution in [0.3, 0.4) is 0 Å². The molecule has 0 saturated carbocycles. The summed E-state index contributed by atoms with van der Waals surface area (Å²) in [6.07, 6.45) is 2.35. The number of aryl methyl sites for hydroxylation is 1. The number of carbonyl (C=O) groups excluding carboxylic acids is 2. The van der Waals surface area contributed by atoms with Crippen molar-refractivity contribution in [2.24, 2.45) is 0 Å². The first-order valence-electron chi connectivity index (χ1n) is 9.82. The van der Waals surface area contributed by atoms with E-state index in [1.54, 1.807) is 45.0 Å². The fourth-order valence-corrected chi connectivity index (χ4v) is 3.11. The van der Waals surface area contributed by atoms with Gasteiger partial charge in [-0.1, -0.05) is 37.3 Å². The summed E-state index contributed by atoms with van der Waals surface area (Å²) >= 11 is 0. The zero-order chi connectivity index (χ0) is 21.9. The summed E-state index contributed by atoms with van der Waals surface area (Å²) in [6, 6.07) is 14.4. The summed E-state index contributed by atoms with van der Waals surface area (Å²) in [5.74, 6) is -1.33. The second kappa shape index (κ2) is 8.53. The van der Waals surface area contributed by atoms with Gasteiger partial charge in [-0.25, -0.2) is 9.59 Å². The highest BCUT2D eigenvalue weighted by Gasteiger charge is 2.20. The average Bonchev–Trinajstić information content (AvgIpc) is 2.71. The van der Waals surface area contributed by atoms with Gasteiger partial charge in [0.2, 0.25) is 0 Å². The van der Waals surface area contributed by atoms with Crippen LogP contribution < -0.4 is 5.56 Å². The summed E-state index contributed by atoms with van der Waals surface area (Å²) in [4.78, 5) is 37.7. The Morgan fingerprint density at radius 3 is 2.20 bits per heavy atom. The molecule has 0 spiro atoms. The van der Waals surface area contributed by atoms with Gasteiger partial charge in [0.1, 0.15) is 5.60 Å². The van der Waals surface area contributed by atoms with Crippen LogP contribution in [0.4, 0.5) is 0 Å². The molecule has 0 bridgehead atoms. The summed E-state index contributed by atoms with van der Waals surface area (Å²) in [5.41, 5.74) is 1.08. The number of hydrogen-bond donors (Lipinski definition) is 0. The molecule has 1 aromatic heterocycles. The third-order valence-corrected chi connectivity index (χ3v) is 4.51. The number of pyridine rings is 1. The molecule has 2 aromatic carbocycles. The molecule has 0 fully saturated rings. The summed E-state index contributed by atoms with van der Waals surface area (Å²) in [5, 5.41) is 0.863. The molecule has 156 valence electrons. The molecular weight excluding hydrogens is 382 g/mol. The van der Waals surface area contributed by atoms with Crippen molar-refractivity contribution >= 4 is 22.7 Å². The lowest BCUT2D eigenvalue weighted by molar-refractivity contribution is -0.158. The zero-order valence-electron chi connectivity index (χ0n) is 17.6. The van der Waals surface area contributed by atoms with Crippen molar-refractivity contribution in [2.45, 2.75) is 39.7 Å². The smallest absolute Gasteiger partial charge is 0.344 e. The van der Waals surface area contributed by atoms with E-state index in [1.165, 1.54) is 10.8 Å². The molecule has 3 rings (SSSR count). The standard InChI is InChI=1S/C24H25NO5/c1-5-16-10-12-17(13-11-16)25-14-20(18-8-6-7-9-19(18)22(25)27)23(28)29-15-21(26)30-24(2,3)4/h6-14H,5,15H2,1-4H3. The molecule has 30 heavy (non-hydrogen) atoms. The summed E-state index contributed by atoms with van der Waals surface area (Å²) in [7, 11) is 0. The largest absolute Gasteiger partial charge is 0.457 e. The second-order valence-electron chi connectivity index (χ2n) is 7.95. The van der Waals surface area contributed by atoms with E-state index in [0.29, 0.717) is 16.5 Å². The number of rotatable bonds is 5. The van der Waals surface area contributed by atoms with E-state index in [9.17, 15) is 14.4 Å². The highest BCUT2D eigenvalue weighted by molar-refractivity contribution is 6.04. The fourth-order valence-electron chi connectivity index (χ4n) is 3.11. The maximum absolute atomic E-state index is 13.0. The normalized spacial score (nSPS) is 11.3. The number of hydrogen-bond acceptors (Lipinski definition) is 5. The molecule has 3 aromatic rings. The van der Waals surface area contributed by atoms with Crippen molar-refractivity contribution in [3.8, 4) is 5.69 Å². The number of carbonyl (C=O) groups is 2. The molecule has 0 aliphatic rings. The molecular formula is C24H25NO5. The molecule has 0 amide bonds. The maximum Gasteiger partial charge on any atom is 0.344 e. The van der Waals surface area contributed by atoms with Gasteiger partial charge in [0.15, 0.2) is 6.61 Å². The van der Waals surface area contributed by atoms with Gasteiger partial charge in [-0.2, -0.15) is 0 Å². The average molecular weight is 407 g/mol. The monoisotopic (exact) mass is 407 g/mol. The van der Waals surface area contributed by atoms with E-state index >= 15 is 0 Å². The van der Waals surface area contributed by atoms with Gasteiger partial charge < -0.3 is 9.47 Å². The number of esters is 2. The van der Waals surface area contributed by atoms with Crippen LogP contribution in [0.5, 0.6) is 0 Å². The van der Waals surface area contributed by atoms with Gasteiger partial charge in [0.25, 0.3) is 5.56 Å². The van der Waals surface area contributed by atoms with Crippen molar-refractivity contribution in [3.63, 3.8) is 0 Å². The van der Waals surface area contributed by atoms with E-state index in [2.05, 4.69) is 6.92 Å². The van der Waals surface area contributed by atoms with Crippen molar-refractivity contribution in [1.82, 2.24) is 4.57 Å². The molecule has 1 heterocycles. The molecule has 0 unspecified atom stereocenters. The summed E-state index contributed by atoms with van der Waals surface area (Å²) in [6.45, 7) is 6.75. The van der Waals surface area contributed by atoms with Crippen molar-refractivity contribution in [1.29, 1.82) is 0 Å². The Hall–Kier alpha value is -3.41. The highest BCUT2D eigenvalue weighted by Crippen LogP contribution is 2.19. The first-order valence-corrected chi connectivity index (χ1v) is 9.82. The second-order valence-corrected chi connectivity index (χ2v) is 7.95. The maximum atomic E-state index is 13.0. The van der Waals surface area contributed by atoms with E-state index < -0.39 is 24.1 Å². The molecule has 0 aliphatic heterocycles. The Bertz CT molecular complexity index is 1140. The Labute approximate surface area is 175 Å². The lowest BCUT2D eigenvalue weighted by Gasteiger charge is -2.19. The van der Waals surface area contributed by atoms with Gasteiger partial charge in [-0.3, -0.25) is 9.36 Å². The predicted octanol–water partition coefficient (Wildman–Crippen LogP) is 4.05. The molecule has 0 atom stereocenters. The SMILES string of the molecule is CCc1ccc(-n2cc(C(=O)OCC(=O)OC(C)(C)C)c3ccccc3c2=O)cc1. The van der Waals surface area contributed by atoms with Gasteiger partial charge in [0, 0.05) is 22.7 Å². The topological polar surface area (TPSA) is 74.6 Å². The van der Waals surface area contributed by atoms with Gasteiger partial charge in [-0.15, -0.1) is 0 Å². The molecule has 0 saturated heterocycles. The van der Waals surface area contributed by atoms with Crippen molar-refractivity contribution < 1.29 is 19.1 Å². The van der Waals surface area contributed by atoms with Gasteiger partial charge in [-0.05, 0) is 51.0 Å². The van der Waals surface area contributed by atoms with Crippen molar-refractivity contribution in [3.05, 3.63) is 76.2 Å². The quantitative estimate of drug-likeness (QED) is 0.597. The van der Waals surface area contributed by atoms with Crippen LogP contribution in [0.1, 0.15) is 43.6 Å². The van der Waals surface area contributed by atoms with Crippen LogP contribution >= 0.6 is 0 Å². The Kier molecular flexibility index (Phi) is 6.06. The zero-order valence-corrected chi connectivity index (χ0v) is 17.6. The minimum atomic E-state index is -0.698. The number of fused-ring (bicyclic) bond motifs is 1. The Morgan fingerprint density at radius 2 is 1.60 bits per heavy atom. The van der Waals surface area contributed by atoms with Crippen molar-refractivity contribution in [2.75, 3.05) is 6.61 Å². The first-order chi connectivity index (χ1) is 14.2. The number of nitrogens with zero attached hydrogens (tertiary/aromatic N) is 1. The van der Waals surface area contributed by atoms with E-state index in [1.807, 2.05) is 24.3 Å². The minimum absolute atomic E-state index is 0.202. The van der Waals surface area contributed by atoms with E-state index in [0.717, 1.165) is 12.0 Å². The molecule has 6 nitrogen and oxygen atoms in total. The van der Waals surface area contributed by atoms with Gasteiger partial charge in [0.05, 0.1) is 5.56 Å². The third kappa shape index (κ3) is 4.76. The molecule has 0 radical (unpaired) electrons. The molecule has 6 heteroatoms. The van der Waals surface area contributed by atoms with Crippen LogP contribution in [-0.4, -0.2) is 28.7 Å². The van der Waals surface area contributed by atoms with Crippen LogP contribution in [0.25, 0.3) is 16.5 Å². The third-order valence-electron chi connectivity index (χ3n) is 4.51. The predicted molar refractivity (Wildman–Crippen MR) is 115 cm³/mol. The first kappa shape index (κ1) is 21.3. The molecule has 0 aliphatic carbocycles. The molecule has 0 N–H and O–H groups in total. The lowest BCUT2D eigenvalue weighted by atomic mass is 10.1. The minimum Gasteiger partial charge on any atom is -0.457 e. The van der Waals surface area contributed by atoms with E-state index in [4.69, 9.17) is 9.47 Å². The number of ether oxygens (including phenoxy) is 2. The number of benzene rings is 2. The van der Waals surface area contributed by atoms with E-state index in [-0.39, 0.29) is 11.1 Å². The Morgan fingerprint density at radius 1 is 0.967 bits per heavy atom. The van der Waals surface area contributed by atoms with Crippen LogP contribution in [0.2, 0.25) is 0 Å². The summed E-state index contributed by atoms with van der Waals surface area (Å²) < 4.78 is 11.8. The number of aromatic nitrogens is 1. The van der Waals surface area contributed by atoms with Gasteiger partial charge >= 0.3 is 11.9 Å². The van der Waals surface area contributed by atoms with Crippen LogP contribution in [-0.2, 0) is 20.7 Å². The van der Waals surface area contributed by atoms with Crippen LogP contribution in [0, 0.1) is 0 Å². The van der Waals surface area contributed by atoms with Crippen LogP contribution in [0.15, 0.2) is 59.5 Å². The Balaban J connectivity index is 1.99. The fraction of sp³-hybridized carbons (Fsp3) is 0.292. The highest BCUT2D eigenvalue weighted by atomic mass is 16.6. The lowest BCUT2D eigenvalue weighted by Crippen LogP contribution is -2.28.